The second-order valence-electron chi connectivity index (χ2n) is 6.82. The van der Waals surface area contributed by atoms with Crippen LogP contribution < -0.4 is 10.6 Å². The van der Waals surface area contributed by atoms with Crippen molar-refractivity contribution in [2.45, 2.75) is 25.6 Å². The van der Waals surface area contributed by atoms with E-state index >= 15 is 0 Å². The van der Waals surface area contributed by atoms with Crippen LogP contribution in [0.2, 0.25) is 0 Å². The van der Waals surface area contributed by atoms with E-state index in [2.05, 4.69) is 61.1 Å². The van der Waals surface area contributed by atoms with Crippen LogP contribution in [0.4, 0.5) is 0 Å². The lowest BCUT2D eigenvalue weighted by molar-refractivity contribution is 0.324. The zero-order valence-corrected chi connectivity index (χ0v) is 18.3. The Morgan fingerprint density at radius 2 is 1.96 bits per heavy atom. The Labute approximate surface area is 182 Å². The topological polar surface area (TPSA) is 69.8 Å². The van der Waals surface area contributed by atoms with Crippen LogP contribution in [0.15, 0.2) is 59.7 Å². The second kappa shape index (κ2) is 9.83. The molecule has 3 heterocycles. The number of nitrogens with zero attached hydrogens (tertiary/aromatic N) is 5. The van der Waals surface area contributed by atoms with Crippen molar-refractivity contribution >= 4 is 35.6 Å². The molecule has 1 saturated heterocycles. The number of rotatable bonds is 5. The Morgan fingerprint density at radius 1 is 1.14 bits per heavy atom. The molecule has 1 aliphatic rings. The van der Waals surface area contributed by atoms with E-state index < -0.39 is 0 Å². The van der Waals surface area contributed by atoms with Crippen molar-refractivity contribution in [3.63, 3.8) is 0 Å². The Morgan fingerprint density at radius 3 is 2.79 bits per heavy atom. The third-order valence-corrected chi connectivity index (χ3v) is 4.88. The van der Waals surface area contributed by atoms with Gasteiger partial charge in [-0.3, -0.25) is 14.3 Å². The molecular formula is C20H26IN7. The van der Waals surface area contributed by atoms with Crippen LogP contribution in [-0.4, -0.2) is 51.6 Å². The highest BCUT2D eigenvalue weighted by molar-refractivity contribution is 14.0. The van der Waals surface area contributed by atoms with Gasteiger partial charge in [0.15, 0.2) is 17.4 Å². The molecule has 1 aliphatic heterocycles. The van der Waals surface area contributed by atoms with Gasteiger partial charge in [0.2, 0.25) is 0 Å². The summed E-state index contributed by atoms with van der Waals surface area (Å²) in [5.74, 6) is 1.67. The summed E-state index contributed by atoms with van der Waals surface area (Å²) in [4.78, 5) is 6.84. The van der Waals surface area contributed by atoms with Gasteiger partial charge in [-0.15, -0.1) is 34.2 Å². The van der Waals surface area contributed by atoms with Crippen LogP contribution >= 0.6 is 24.0 Å². The van der Waals surface area contributed by atoms with Crippen LogP contribution in [0.25, 0.3) is 5.65 Å². The van der Waals surface area contributed by atoms with Crippen molar-refractivity contribution in [1.29, 1.82) is 0 Å². The van der Waals surface area contributed by atoms with E-state index in [1.54, 1.807) is 7.05 Å². The quantitative estimate of drug-likeness (QED) is 0.326. The standard InChI is InChI=1S/C20H25N7.HI/c1-21-20(22-13-19-25-24-18-9-5-6-11-27(18)19)23-17-10-12-26(15-17)14-16-7-3-2-4-8-16;/h2-9,11,17H,10,12-15H2,1H3,(H2,21,22,23);1H. The summed E-state index contributed by atoms with van der Waals surface area (Å²) < 4.78 is 1.98. The fourth-order valence-electron chi connectivity index (χ4n) is 3.50. The number of likely N-dealkylation sites (tertiary alicyclic amines) is 1. The van der Waals surface area contributed by atoms with Gasteiger partial charge >= 0.3 is 0 Å². The molecule has 28 heavy (non-hydrogen) atoms. The van der Waals surface area contributed by atoms with E-state index in [0.717, 1.165) is 43.5 Å². The summed E-state index contributed by atoms with van der Waals surface area (Å²) in [5, 5.41) is 15.3. The number of aliphatic imine (C=N–C) groups is 1. The van der Waals surface area contributed by atoms with Gasteiger partial charge in [0.05, 0.1) is 6.54 Å². The van der Waals surface area contributed by atoms with Crippen LogP contribution in [-0.2, 0) is 13.1 Å². The number of benzene rings is 1. The van der Waals surface area contributed by atoms with E-state index in [4.69, 9.17) is 0 Å². The molecule has 1 atom stereocenters. The normalized spacial score (nSPS) is 17.5. The van der Waals surface area contributed by atoms with Crippen LogP contribution in [0, 0.1) is 0 Å². The summed E-state index contributed by atoms with van der Waals surface area (Å²) in [6.45, 7) is 3.68. The number of hydrogen-bond donors (Lipinski definition) is 2. The number of fused-ring (bicyclic) bond motifs is 1. The maximum Gasteiger partial charge on any atom is 0.191 e. The van der Waals surface area contributed by atoms with Crippen molar-refractivity contribution in [2.75, 3.05) is 20.1 Å². The maximum absolute atomic E-state index is 4.36. The summed E-state index contributed by atoms with van der Waals surface area (Å²) >= 11 is 0. The lowest BCUT2D eigenvalue weighted by Gasteiger charge is -2.18. The van der Waals surface area contributed by atoms with Gasteiger partial charge in [0.25, 0.3) is 0 Å². The van der Waals surface area contributed by atoms with E-state index in [0.29, 0.717) is 12.6 Å². The first kappa shape index (κ1) is 20.5. The summed E-state index contributed by atoms with van der Waals surface area (Å²) in [5.41, 5.74) is 2.21. The molecule has 0 spiro atoms. The Balaban J connectivity index is 0.00000225. The molecule has 0 amide bonds. The number of nitrogens with one attached hydrogen (secondary N) is 2. The van der Waals surface area contributed by atoms with E-state index in [-0.39, 0.29) is 24.0 Å². The van der Waals surface area contributed by atoms with Crippen molar-refractivity contribution in [3.05, 3.63) is 66.1 Å². The van der Waals surface area contributed by atoms with Gasteiger partial charge in [0.1, 0.15) is 0 Å². The minimum absolute atomic E-state index is 0. The minimum atomic E-state index is 0. The average molecular weight is 491 g/mol. The molecule has 0 aliphatic carbocycles. The largest absolute Gasteiger partial charge is 0.352 e. The fraction of sp³-hybridized carbons (Fsp3) is 0.350. The van der Waals surface area contributed by atoms with Gasteiger partial charge in [-0.05, 0) is 24.1 Å². The summed E-state index contributed by atoms with van der Waals surface area (Å²) in [7, 11) is 1.80. The summed E-state index contributed by atoms with van der Waals surface area (Å²) in [6.07, 6.45) is 3.09. The number of halogens is 1. The second-order valence-corrected chi connectivity index (χ2v) is 6.82. The first-order valence-electron chi connectivity index (χ1n) is 9.34. The third-order valence-electron chi connectivity index (χ3n) is 4.88. The van der Waals surface area contributed by atoms with Crippen molar-refractivity contribution in [3.8, 4) is 0 Å². The minimum Gasteiger partial charge on any atom is -0.352 e. The van der Waals surface area contributed by atoms with Gasteiger partial charge in [-0.25, -0.2) is 0 Å². The Hall–Kier alpha value is -2.20. The molecule has 7 nitrogen and oxygen atoms in total. The van der Waals surface area contributed by atoms with E-state index in [1.807, 2.05) is 28.8 Å². The van der Waals surface area contributed by atoms with Gasteiger partial charge in [-0.2, -0.15) is 0 Å². The fourth-order valence-corrected chi connectivity index (χ4v) is 3.50. The first-order chi connectivity index (χ1) is 13.3. The highest BCUT2D eigenvalue weighted by atomic mass is 127. The molecule has 1 aromatic carbocycles. The lowest BCUT2D eigenvalue weighted by Crippen LogP contribution is -2.44. The predicted octanol–water partition coefficient (Wildman–Crippen LogP) is 2.29. The predicted molar refractivity (Wildman–Crippen MR) is 122 cm³/mol. The number of aromatic nitrogens is 3. The van der Waals surface area contributed by atoms with E-state index in [9.17, 15) is 0 Å². The molecule has 1 fully saturated rings. The SMILES string of the molecule is CN=C(NCc1nnc2ccccn12)NC1CCN(Cc2ccccc2)C1.I. The molecule has 148 valence electrons. The van der Waals surface area contributed by atoms with Crippen molar-refractivity contribution in [1.82, 2.24) is 30.1 Å². The monoisotopic (exact) mass is 491 g/mol. The molecule has 2 N–H and O–H groups in total. The van der Waals surface area contributed by atoms with Gasteiger partial charge < -0.3 is 10.6 Å². The maximum atomic E-state index is 4.36. The molecule has 0 radical (unpaired) electrons. The van der Waals surface area contributed by atoms with Crippen molar-refractivity contribution in [2.24, 2.45) is 4.99 Å². The van der Waals surface area contributed by atoms with Gasteiger partial charge in [-0.1, -0.05) is 36.4 Å². The van der Waals surface area contributed by atoms with E-state index in [1.165, 1.54) is 5.56 Å². The molecule has 8 heteroatoms. The van der Waals surface area contributed by atoms with Crippen LogP contribution in [0.1, 0.15) is 17.8 Å². The highest BCUT2D eigenvalue weighted by Gasteiger charge is 2.23. The molecular weight excluding hydrogens is 465 g/mol. The lowest BCUT2D eigenvalue weighted by atomic mass is 10.2. The molecule has 3 aromatic rings. The molecule has 1 unspecified atom stereocenters. The zero-order chi connectivity index (χ0) is 18.5. The average Bonchev–Trinajstić information content (AvgIpc) is 3.32. The summed E-state index contributed by atoms with van der Waals surface area (Å²) in [6, 6.07) is 16.9. The molecule has 2 aromatic heterocycles. The Kier molecular flexibility index (Phi) is 7.21. The van der Waals surface area contributed by atoms with Crippen LogP contribution in [0.3, 0.4) is 0 Å². The molecule has 0 saturated carbocycles. The third kappa shape index (κ3) is 4.99. The number of hydrogen-bond acceptors (Lipinski definition) is 4. The zero-order valence-electron chi connectivity index (χ0n) is 16.0. The van der Waals surface area contributed by atoms with Gasteiger partial charge in [0, 0.05) is 38.9 Å². The smallest absolute Gasteiger partial charge is 0.191 e. The number of pyridine rings is 1. The first-order valence-corrected chi connectivity index (χ1v) is 9.34. The Bertz CT molecular complexity index is 909. The van der Waals surface area contributed by atoms with Crippen molar-refractivity contribution < 1.29 is 0 Å². The number of guanidine groups is 1. The van der Waals surface area contributed by atoms with Crippen LogP contribution in [0.5, 0.6) is 0 Å². The molecule has 4 rings (SSSR count). The highest BCUT2D eigenvalue weighted by Crippen LogP contribution is 2.13. The molecule has 0 bridgehead atoms.